The van der Waals surface area contributed by atoms with Crippen molar-refractivity contribution in [3.05, 3.63) is 42.7 Å². The van der Waals surface area contributed by atoms with Gasteiger partial charge in [-0.3, -0.25) is 4.90 Å². The van der Waals surface area contributed by atoms with Crippen molar-refractivity contribution in [2.24, 2.45) is 0 Å². The molecule has 130 valence electrons. The Hall–Kier alpha value is -0.670. The van der Waals surface area contributed by atoms with Gasteiger partial charge in [0.2, 0.25) is 0 Å². The van der Waals surface area contributed by atoms with Crippen LogP contribution in [0.3, 0.4) is 0 Å². The maximum Gasteiger partial charge on any atom is 0.173 e. The molecule has 0 amide bonds. The second kappa shape index (κ2) is 11.8. The number of nitrogens with zero attached hydrogens (tertiary/aromatic N) is 2. The van der Waals surface area contributed by atoms with Gasteiger partial charge in [0.1, 0.15) is 6.54 Å². The molecule has 0 bridgehead atoms. The van der Waals surface area contributed by atoms with Crippen LogP contribution < -0.4 is 21.5 Å². The zero-order valence-corrected chi connectivity index (χ0v) is 16.3. The van der Waals surface area contributed by atoms with E-state index in [0.29, 0.717) is 6.04 Å². The molecule has 1 fully saturated rings. The molecule has 1 aromatic heterocycles. The molecule has 1 aromatic rings. The van der Waals surface area contributed by atoms with Crippen LogP contribution >= 0.6 is 0 Å². The van der Waals surface area contributed by atoms with E-state index in [4.69, 9.17) is 0 Å². The van der Waals surface area contributed by atoms with Gasteiger partial charge in [0.15, 0.2) is 12.4 Å². The molecule has 23 heavy (non-hydrogen) atoms. The molecule has 2 heterocycles. The summed E-state index contributed by atoms with van der Waals surface area (Å²) in [6.45, 7) is 6.18. The Morgan fingerprint density at radius 1 is 1.22 bits per heavy atom. The van der Waals surface area contributed by atoms with Gasteiger partial charge in [0, 0.05) is 24.1 Å². The first-order valence-corrected chi connectivity index (χ1v) is 9.11. The summed E-state index contributed by atoms with van der Waals surface area (Å²) in [4.78, 5) is 2.49. The van der Waals surface area contributed by atoms with Gasteiger partial charge in [-0.05, 0) is 51.8 Å². The number of aryl methyl sites for hydroxylation is 1. The highest BCUT2D eigenvalue weighted by atomic mass is 79.9. The molecule has 0 aliphatic carbocycles. The Balaban J connectivity index is 0.00000264. The van der Waals surface area contributed by atoms with Crippen molar-refractivity contribution < 1.29 is 21.5 Å². The van der Waals surface area contributed by atoms with Gasteiger partial charge in [0.25, 0.3) is 0 Å². The number of rotatable bonds is 10. The number of hydrogen-bond acceptors (Lipinski definition) is 1. The van der Waals surface area contributed by atoms with Gasteiger partial charge in [-0.1, -0.05) is 25.3 Å². The third-order valence-electron chi connectivity index (χ3n) is 4.86. The predicted molar refractivity (Wildman–Crippen MR) is 93.8 cm³/mol. The summed E-state index contributed by atoms with van der Waals surface area (Å²) in [5.74, 6) is 0. The van der Waals surface area contributed by atoms with Gasteiger partial charge in [-0.15, -0.1) is 6.58 Å². The largest absolute Gasteiger partial charge is 1.00 e. The molecule has 0 spiro atoms. The lowest BCUT2D eigenvalue weighted by Gasteiger charge is -2.18. The number of pyridine rings is 1. The number of aromatic nitrogens is 1. The summed E-state index contributed by atoms with van der Waals surface area (Å²) in [7, 11) is 2.25. The van der Waals surface area contributed by atoms with Crippen LogP contribution in [0.25, 0.3) is 0 Å². The van der Waals surface area contributed by atoms with E-state index < -0.39 is 0 Å². The summed E-state index contributed by atoms with van der Waals surface area (Å²) < 4.78 is 2.39. The zero-order chi connectivity index (χ0) is 15.6. The smallest absolute Gasteiger partial charge is 0.173 e. The van der Waals surface area contributed by atoms with Crippen LogP contribution in [-0.4, -0.2) is 18.5 Å². The minimum Gasteiger partial charge on any atom is -1.00 e. The molecule has 0 saturated carbocycles. The van der Waals surface area contributed by atoms with Gasteiger partial charge in [-0.25, -0.2) is 4.57 Å². The lowest BCUT2D eigenvalue weighted by atomic mass is 10.1. The summed E-state index contributed by atoms with van der Waals surface area (Å²) >= 11 is 0. The average molecular weight is 381 g/mol. The molecule has 0 N–H and O–H groups in total. The standard InChI is InChI=1S/C20H33N2.BrH/c1-3-4-5-6-7-8-9-10-16-22-17-11-13-19(18-22)20-14-12-15-21(20)2;/h3,11,13,17-18,20H,1,4-10,12,14-16H2,2H3;1H/q+1;/p-1. The Labute approximate surface area is 153 Å². The van der Waals surface area contributed by atoms with E-state index in [1.807, 2.05) is 6.08 Å². The fraction of sp³-hybridized carbons (Fsp3) is 0.650. The van der Waals surface area contributed by atoms with Crippen molar-refractivity contribution in [3.63, 3.8) is 0 Å². The molecule has 0 radical (unpaired) electrons. The quantitative estimate of drug-likeness (QED) is 0.340. The van der Waals surface area contributed by atoms with Crippen LogP contribution in [0.4, 0.5) is 0 Å². The maximum absolute atomic E-state index is 3.78. The first kappa shape index (κ1) is 20.4. The number of likely N-dealkylation sites (tertiary alicyclic amines) is 1. The van der Waals surface area contributed by atoms with E-state index in [0.717, 1.165) is 6.54 Å². The lowest BCUT2D eigenvalue weighted by Crippen LogP contribution is -3.00. The van der Waals surface area contributed by atoms with E-state index in [9.17, 15) is 0 Å². The van der Waals surface area contributed by atoms with Gasteiger partial charge < -0.3 is 17.0 Å². The van der Waals surface area contributed by atoms with Crippen molar-refractivity contribution in [1.29, 1.82) is 0 Å². The molecule has 3 heteroatoms. The molecular formula is C20H33BrN2. The Bertz CT molecular complexity index is 447. The molecule has 2 nitrogen and oxygen atoms in total. The Morgan fingerprint density at radius 3 is 2.65 bits per heavy atom. The van der Waals surface area contributed by atoms with Gasteiger partial charge in [-0.2, -0.15) is 0 Å². The fourth-order valence-electron chi connectivity index (χ4n) is 3.50. The molecule has 1 aliphatic rings. The monoisotopic (exact) mass is 380 g/mol. The summed E-state index contributed by atoms with van der Waals surface area (Å²) in [5, 5.41) is 0. The minimum absolute atomic E-state index is 0. The molecule has 1 atom stereocenters. The maximum atomic E-state index is 3.78. The summed E-state index contributed by atoms with van der Waals surface area (Å²) in [5.41, 5.74) is 1.49. The van der Waals surface area contributed by atoms with Crippen molar-refractivity contribution in [2.75, 3.05) is 13.6 Å². The van der Waals surface area contributed by atoms with Crippen LogP contribution in [0.15, 0.2) is 37.2 Å². The third kappa shape index (κ3) is 7.17. The average Bonchev–Trinajstić information content (AvgIpc) is 2.96. The van der Waals surface area contributed by atoms with Gasteiger partial charge in [0.05, 0.1) is 0 Å². The van der Waals surface area contributed by atoms with Crippen LogP contribution in [0, 0.1) is 0 Å². The number of halogens is 1. The third-order valence-corrected chi connectivity index (χ3v) is 4.86. The van der Waals surface area contributed by atoms with Crippen molar-refractivity contribution in [2.45, 2.75) is 70.4 Å². The molecular weight excluding hydrogens is 348 g/mol. The highest BCUT2D eigenvalue weighted by molar-refractivity contribution is 5.12. The molecule has 1 aliphatic heterocycles. The molecule has 0 aromatic carbocycles. The summed E-state index contributed by atoms with van der Waals surface area (Å²) in [6.07, 6.45) is 18.5. The summed E-state index contributed by atoms with van der Waals surface area (Å²) in [6, 6.07) is 5.15. The molecule has 2 rings (SSSR count). The van der Waals surface area contributed by atoms with Crippen LogP contribution in [0.5, 0.6) is 0 Å². The van der Waals surface area contributed by atoms with E-state index in [1.165, 1.54) is 69.9 Å². The van der Waals surface area contributed by atoms with Crippen molar-refractivity contribution in [1.82, 2.24) is 4.90 Å². The minimum atomic E-state index is 0. The number of allylic oxidation sites excluding steroid dienone is 1. The van der Waals surface area contributed by atoms with E-state index in [2.05, 4.69) is 47.6 Å². The first-order chi connectivity index (χ1) is 10.8. The lowest BCUT2D eigenvalue weighted by molar-refractivity contribution is -0.697. The predicted octanol–water partition coefficient (Wildman–Crippen LogP) is 1.66. The molecule has 1 unspecified atom stereocenters. The SMILES string of the molecule is C=CCCCCCCCC[n+]1cccc(C2CCCN2C)c1.[Br-]. The Morgan fingerprint density at radius 2 is 1.96 bits per heavy atom. The first-order valence-electron chi connectivity index (χ1n) is 9.11. The second-order valence-corrected chi connectivity index (χ2v) is 6.71. The van der Waals surface area contributed by atoms with E-state index in [1.54, 1.807) is 0 Å². The van der Waals surface area contributed by atoms with Crippen LogP contribution in [0.2, 0.25) is 0 Å². The van der Waals surface area contributed by atoms with Crippen LogP contribution in [0.1, 0.15) is 69.4 Å². The van der Waals surface area contributed by atoms with E-state index in [-0.39, 0.29) is 17.0 Å². The fourth-order valence-corrected chi connectivity index (χ4v) is 3.50. The normalized spacial score (nSPS) is 17.9. The van der Waals surface area contributed by atoms with Crippen LogP contribution in [-0.2, 0) is 6.54 Å². The van der Waals surface area contributed by atoms with E-state index >= 15 is 0 Å². The topological polar surface area (TPSA) is 7.12 Å². The van der Waals surface area contributed by atoms with Crippen molar-refractivity contribution >= 4 is 0 Å². The highest BCUT2D eigenvalue weighted by Gasteiger charge is 2.24. The number of unbranched alkanes of at least 4 members (excludes halogenated alkanes) is 6. The second-order valence-electron chi connectivity index (χ2n) is 6.71. The van der Waals surface area contributed by atoms with Crippen molar-refractivity contribution in [3.8, 4) is 0 Å². The highest BCUT2D eigenvalue weighted by Crippen LogP contribution is 2.29. The van der Waals surface area contributed by atoms with Gasteiger partial charge >= 0.3 is 0 Å². The molecule has 1 saturated heterocycles. The Kier molecular flexibility index (Phi) is 10.5. The zero-order valence-electron chi connectivity index (χ0n) is 14.7. The number of hydrogen-bond donors (Lipinski definition) is 0.